The van der Waals surface area contributed by atoms with Crippen molar-refractivity contribution in [1.82, 2.24) is 5.32 Å². The molecule has 0 radical (unpaired) electrons. The van der Waals surface area contributed by atoms with Gasteiger partial charge in [-0.2, -0.15) is 0 Å². The summed E-state index contributed by atoms with van der Waals surface area (Å²) in [4.78, 5) is 11.0. The first-order valence-electron chi connectivity index (χ1n) is 8.35. The van der Waals surface area contributed by atoms with Crippen LogP contribution in [0, 0.1) is 0 Å². The predicted molar refractivity (Wildman–Crippen MR) is 101 cm³/mol. The molecule has 0 aliphatic carbocycles. The first kappa shape index (κ1) is 18.5. The van der Waals surface area contributed by atoms with Crippen LogP contribution in [-0.4, -0.2) is 28.8 Å². The molecule has 0 unspecified atom stereocenters. The number of fused-ring (bicyclic) bond motifs is 1. The molecule has 3 N–H and O–H groups in total. The van der Waals surface area contributed by atoms with Gasteiger partial charge in [0.25, 0.3) is 0 Å². The van der Waals surface area contributed by atoms with Crippen molar-refractivity contribution in [3.63, 3.8) is 0 Å². The van der Waals surface area contributed by atoms with Gasteiger partial charge in [0, 0.05) is 23.0 Å². The third-order valence-corrected chi connectivity index (χ3v) is 4.46. The van der Waals surface area contributed by atoms with Gasteiger partial charge < -0.3 is 19.9 Å². The number of hydrogen-bond donors (Lipinski definition) is 3. The number of rotatable bonds is 7. The van der Waals surface area contributed by atoms with Crippen LogP contribution in [-0.2, 0) is 6.42 Å². The predicted octanol–water partition coefficient (Wildman–Crippen LogP) is 4.04. The Kier molecular flexibility index (Phi) is 5.61. The van der Waals surface area contributed by atoms with Gasteiger partial charge >= 0.3 is 5.97 Å². The van der Waals surface area contributed by atoms with Crippen LogP contribution in [0.2, 0.25) is 5.02 Å². The molecule has 3 rings (SSSR count). The fraction of sp³-hybridized carbons (Fsp3) is 0.250. The molecule has 26 heavy (non-hydrogen) atoms. The molecule has 0 aliphatic heterocycles. The van der Waals surface area contributed by atoms with Crippen molar-refractivity contribution in [2.24, 2.45) is 0 Å². The number of halogens is 1. The topological polar surface area (TPSA) is 82.7 Å². The molecule has 3 aromatic rings. The number of aromatic carboxylic acids is 1. The van der Waals surface area contributed by atoms with E-state index in [-0.39, 0.29) is 11.8 Å². The highest BCUT2D eigenvalue weighted by atomic mass is 35.5. The van der Waals surface area contributed by atoms with Gasteiger partial charge in [-0.1, -0.05) is 29.8 Å². The average Bonchev–Trinajstić information content (AvgIpc) is 3.03. The molecule has 6 heteroatoms. The summed E-state index contributed by atoms with van der Waals surface area (Å²) >= 11 is 5.95. The van der Waals surface area contributed by atoms with Crippen LogP contribution in [0.4, 0.5) is 0 Å². The normalized spacial score (nSPS) is 13.7. The van der Waals surface area contributed by atoms with Gasteiger partial charge in [0.1, 0.15) is 5.58 Å². The lowest BCUT2D eigenvalue weighted by atomic mass is 10.0. The third-order valence-electron chi connectivity index (χ3n) is 4.23. The number of hydrogen-bond acceptors (Lipinski definition) is 4. The second-order valence-corrected chi connectivity index (χ2v) is 6.81. The van der Waals surface area contributed by atoms with E-state index in [1.807, 2.05) is 31.2 Å². The Labute approximate surface area is 156 Å². The lowest BCUT2D eigenvalue weighted by molar-refractivity contribution is 0.0665. The van der Waals surface area contributed by atoms with Crippen molar-refractivity contribution in [1.29, 1.82) is 0 Å². The van der Waals surface area contributed by atoms with Crippen LogP contribution < -0.4 is 5.32 Å². The molecule has 0 amide bonds. The van der Waals surface area contributed by atoms with Gasteiger partial charge in [0.05, 0.1) is 6.10 Å². The van der Waals surface area contributed by atoms with Crippen molar-refractivity contribution in [3.05, 3.63) is 70.4 Å². The highest BCUT2D eigenvalue weighted by Gasteiger charge is 2.13. The molecule has 0 bridgehead atoms. The number of aliphatic hydroxyl groups is 1. The smallest absolute Gasteiger partial charge is 0.371 e. The lowest BCUT2D eigenvalue weighted by Gasteiger charge is -2.17. The van der Waals surface area contributed by atoms with E-state index in [0.29, 0.717) is 17.2 Å². The van der Waals surface area contributed by atoms with Crippen molar-refractivity contribution < 1.29 is 19.4 Å². The molecule has 1 heterocycles. The zero-order valence-corrected chi connectivity index (χ0v) is 15.0. The molecule has 1 aromatic heterocycles. The van der Waals surface area contributed by atoms with Crippen LogP contribution >= 0.6 is 11.6 Å². The second kappa shape index (κ2) is 7.91. The summed E-state index contributed by atoms with van der Waals surface area (Å²) in [5, 5.41) is 23.9. The largest absolute Gasteiger partial charge is 0.475 e. The minimum absolute atomic E-state index is 0.0621. The van der Waals surface area contributed by atoms with E-state index < -0.39 is 12.1 Å². The highest BCUT2D eigenvalue weighted by Crippen LogP contribution is 2.22. The Balaban J connectivity index is 1.59. The summed E-state index contributed by atoms with van der Waals surface area (Å²) in [6.45, 7) is 2.45. The van der Waals surface area contributed by atoms with E-state index >= 15 is 0 Å². The third kappa shape index (κ3) is 4.43. The Morgan fingerprint density at radius 3 is 2.77 bits per heavy atom. The maximum atomic E-state index is 11.0. The van der Waals surface area contributed by atoms with Crippen LogP contribution in [0.5, 0.6) is 0 Å². The van der Waals surface area contributed by atoms with Gasteiger partial charge in [-0.15, -0.1) is 0 Å². The standard InChI is InChI=1S/C20H20ClNO4/c1-12(22-11-17(23)14-3-2-4-16(21)9-14)7-13-5-6-18-15(8-13)10-19(26-18)20(24)25/h2-6,8-10,12,17,22-23H,7,11H2,1H3,(H,24,25)/t12-,17-/m1/s1. The van der Waals surface area contributed by atoms with Gasteiger partial charge in [0.2, 0.25) is 5.76 Å². The van der Waals surface area contributed by atoms with Gasteiger partial charge in [-0.3, -0.25) is 0 Å². The Morgan fingerprint density at radius 1 is 1.23 bits per heavy atom. The molecule has 2 aromatic carbocycles. The van der Waals surface area contributed by atoms with E-state index in [1.54, 1.807) is 18.2 Å². The quantitative estimate of drug-likeness (QED) is 0.582. The monoisotopic (exact) mass is 373 g/mol. The zero-order chi connectivity index (χ0) is 18.7. The van der Waals surface area contributed by atoms with E-state index in [1.165, 1.54) is 6.07 Å². The maximum Gasteiger partial charge on any atom is 0.371 e. The van der Waals surface area contributed by atoms with E-state index in [9.17, 15) is 9.90 Å². The molecule has 2 atom stereocenters. The molecule has 0 saturated carbocycles. The van der Waals surface area contributed by atoms with Crippen LogP contribution in [0.1, 0.15) is 34.7 Å². The van der Waals surface area contributed by atoms with E-state index in [4.69, 9.17) is 21.1 Å². The molecule has 0 saturated heterocycles. The number of benzene rings is 2. The Morgan fingerprint density at radius 2 is 2.04 bits per heavy atom. The fourth-order valence-corrected chi connectivity index (χ4v) is 3.09. The fourth-order valence-electron chi connectivity index (χ4n) is 2.90. The van der Waals surface area contributed by atoms with Crippen LogP contribution in [0.3, 0.4) is 0 Å². The van der Waals surface area contributed by atoms with Crippen molar-refractivity contribution in [3.8, 4) is 0 Å². The van der Waals surface area contributed by atoms with Gasteiger partial charge in [-0.05, 0) is 54.8 Å². The minimum Gasteiger partial charge on any atom is -0.475 e. The molecule has 0 spiro atoms. The molecule has 136 valence electrons. The maximum absolute atomic E-state index is 11.0. The number of furan rings is 1. The first-order chi connectivity index (χ1) is 12.4. The Bertz CT molecular complexity index is 921. The zero-order valence-electron chi connectivity index (χ0n) is 14.3. The average molecular weight is 374 g/mol. The number of carboxylic acid groups (broad SMARTS) is 1. The lowest BCUT2D eigenvalue weighted by Crippen LogP contribution is -2.32. The second-order valence-electron chi connectivity index (χ2n) is 6.37. The number of carboxylic acids is 1. The van der Waals surface area contributed by atoms with Gasteiger partial charge in [0.15, 0.2) is 0 Å². The summed E-state index contributed by atoms with van der Waals surface area (Å²) in [7, 11) is 0. The summed E-state index contributed by atoms with van der Waals surface area (Å²) < 4.78 is 5.27. The molecular formula is C20H20ClNO4. The van der Waals surface area contributed by atoms with E-state index in [0.717, 1.165) is 22.9 Å². The molecular weight excluding hydrogens is 354 g/mol. The molecule has 5 nitrogen and oxygen atoms in total. The van der Waals surface area contributed by atoms with Crippen LogP contribution in [0.15, 0.2) is 52.9 Å². The summed E-state index contributed by atoms with van der Waals surface area (Å²) in [5.74, 6) is -1.14. The SMILES string of the molecule is C[C@H](Cc1ccc2oc(C(=O)O)cc2c1)NC[C@@H](O)c1cccc(Cl)c1. The van der Waals surface area contributed by atoms with Crippen LogP contribution in [0.25, 0.3) is 11.0 Å². The highest BCUT2D eigenvalue weighted by molar-refractivity contribution is 6.30. The van der Waals surface area contributed by atoms with Crippen molar-refractivity contribution in [2.45, 2.75) is 25.5 Å². The van der Waals surface area contributed by atoms with E-state index in [2.05, 4.69) is 5.32 Å². The van der Waals surface area contributed by atoms with Gasteiger partial charge in [-0.25, -0.2) is 4.79 Å². The van der Waals surface area contributed by atoms with Crippen molar-refractivity contribution >= 4 is 28.5 Å². The summed E-state index contributed by atoms with van der Waals surface area (Å²) in [6.07, 6.45) is 0.108. The summed E-state index contributed by atoms with van der Waals surface area (Å²) in [6, 6.07) is 14.5. The molecule has 0 aliphatic rings. The number of carbonyl (C=O) groups is 1. The van der Waals surface area contributed by atoms with Crippen molar-refractivity contribution in [2.75, 3.05) is 6.54 Å². The first-order valence-corrected chi connectivity index (χ1v) is 8.73. The summed E-state index contributed by atoms with van der Waals surface area (Å²) in [5.41, 5.74) is 2.40. The Hall–Kier alpha value is -2.34. The minimum atomic E-state index is -1.08. The number of aliphatic hydroxyl groups excluding tert-OH is 1. The molecule has 0 fully saturated rings. The number of nitrogens with one attached hydrogen (secondary N) is 1.